The minimum absolute atomic E-state index is 0.0101. The molecule has 0 spiro atoms. The van der Waals surface area contributed by atoms with Crippen molar-refractivity contribution in [1.82, 2.24) is 0 Å². The van der Waals surface area contributed by atoms with Crippen molar-refractivity contribution in [2.24, 2.45) is 21.5 Å². The molecule has 4 nitrogen and oxygen atoms in total. The largest absolute Gasteiger partial charge is 0.370 e. The highest BCUT2D eigenvalue weighted by Crippen LogP contribution is 2.11. The predicted octanol–water partition coefficient (Wildman–Crippen LogP) is 0.928. The maximum Gasteiger partial charge on any atom is 0.192 e. The number of hydrogen-bond acceptors (Lipinski definition) is 1. The molecule has 1 aromatic carbocycles. The van der Waals surface area contributed by atoms with Gasteiger partial charge in [0, 0.05) is 0 Å². The predicted molar refractivity (Wildman–Crippen MR) is 55.1 cm³/mol. The Kier molecular flexibility index (Phi) is 3.03. The van der Waals surface area contributed by atoms with Crippen molar-refractivity contribution in [2.75, 3.05) is 0 Å². The van der Waals surface area contributed by atoms with Gasteiger partial charge in [0.15, 0.2) is 5.96 Å². The van der Waals surface area contributed by atoms with E-state index in [1.54, 1.807) is 0 Å². The Balaban J connectivity index is 2.70. The minimum Gasteiger partial charge on any atom is -0.370 e. The van der Waals surface area contributed by atoms with Gasteiger partial charge in [-0.3, -0.25) is 0 Å². The van der Waals surface area contributed by atoms with Crippen LogP contribution < -0.4 is 11.5 Å². The summed E-state index contributed by atoms with van der Waals surface area (Å²) in [6.45, 7) is 2.02. The van der Waals surface area contributed by atoms with E-state index in [1.807, 2.05) is 31.2 Å². The molecule has 0 saturated carbocycles. The van der Waals surface area contributed by atoms with Crippen LogP contribution in [0.25, 0.3) is 0 Å². The monoisotopic (exact) mass is 176 g/mol. The molecule has 0 heterocycles. The highest BCUT2D eigenvalue weighted by atomic mass is 15.0. The lowest BCUT2D eigenvalue weighted by atomic mass is 10.2. The van der Waals surface area contributed by atoms with Gasteiger partial charge >= 0.3 is 0 Å². The summed E-state index contributed by atoms with van der Waals surface area (Å²) >= 11 is 0. The lowest BCUT2D eigenvalue weighted by Gasteiger charge is -1.92. The molecule has 0 aliphatic carbocycles. The number of benzene rings is 1. The Hall–Kier alpha value is -1.84. The molecule has 0 bridgehead atoms. The van der Waals surface area contributed by atoms with E-state index in [2.05, 4.69) is 9.98 Å². The second-order valence-corrected chi connectivity index (χ2v) is 2.63. The third-order valence-corrected chi connectivity index (χ3v) is 1.45. The van der Waals surface area contributed by atoms with Gasteiger partial charge in [-0.2, -0.15) is 0 Å². The van der Waals surface area contributed by atoms with E-state index < -0.39 is 0 Å². The SMILES string of the molecule is Cc1ccc(N=CN=C(N)N)cc1. The third kappa shape index (κ3) is 3.37. The van der Waals surface area contributed by atoms with Crippen LogP contribution >= 0.6 is 0 Å². The maximum atomic E-state index is 5.12. The fourth-order valence-electron chi connectivity index (χ4n) is 0.793. The first-order valence-corrected chi connectivity index (χ1v) is 3.86. The maximum absolute atomic E-state index is 5.12. The fraction of sp³-hybridized carbons (Fsp3) is 0.111. The first-order chi connectivity index (χ1) is 6.18. The van der Waals surface area contributed by atoms with Crippen molar-refractivity contribution in [2.45, 2.75) is 6.92 Å². The molecule has 0 unspecified atom stereocenters. The van der Waals surface area contributed by atoms with Crippen LogP contribution in [0.4, 0.5) is 5.69 Å². The molecule has 1 aromatic rings. The van der Waals surface area contributed by atoms with Gasteiger partial charge in [-0.25, -0.2) is 9.98 Å². The standard InChI is InChI=1S/C9H12N4/c1-7-2-4-8(5-3-7)12-6-13-9(10)11/h2-6H,1H3,(H4,10,11,12,13). The topological polar surface area (TPSA) is 76.8 Å². The van der Waals surface area contributed by atoms with Gasteiger partial charge in [-0.1, -0.05) is 17.7 Å². The third-order valence-electron chi connectivity index (χ3n) is 1.45. The van der Waals surface area contributed by atoms with Crippen LogP contribution in [0, 0.1) is 6.92 Å². The fourth-order valence-corrected chi connectivity index (χ4v) is 0.793. The van der Waals surface area contributed by atoms with Gasteiger partial charge in [0.1, 0.15) is 6.34 Å². The highest BCUT2D eigenvalue weighted by molar-refractivity contribution is 5.84. The average Bonchev–Trinajstić information content (AvgIpc) is 2.08. The summed E-state index contributed by atoms with van der Waals surface area (Å²) in [5.41, 5.74) is 12.3. The zero-order chi connectivity index (χ0) is 9.68. The summed E-state index contributed by atoms with van der Waals surface area (Å²) in [6.07, 6.45) is 1.33. The second-order valence-electron chi connectivity index (χ2n) is 2.63. The number of aliphatic imine (C=N–C) groups is 2. The van der Waals surface area contributed by atoms with Gasteiger partial charge in [-0.15, -0.1) is 0 Å². The van der Waals surface area contributed by atoms with Crippen molar-refractivity contribution >= 4 is 18.0 Å². The van der Waals surface area contributed by atoms with Gasteiger partial charge in [0.05, 0.1) is 5.69 Å². The molecule has 4 heteroatoms. The molecule has 0 saturated heterocycles. The smallest absolute Gasteiger partial charge is 0.192 e. The summed E-state index contributed by atoms with van der Waals surface area (Å²) in [5, 5.41) is 0. The molecule has 0 aromatic heterocycles. The second kappa shape index (κ2) is 4.25. The number of guanidine groups is 1. The van der Waals surface area contributed by atoms with Crippen LogP contribution in [-0.2, 0) is 0 Å². The Morgan fingerprint density at radius 3 is 2.38 bits per heavy atom. The first-order valence-electron chi connectivity index (χ1n) is 3.86. The van der Waals surface area contributed by atoms with Crippen molar-refractivity contribution in [3.63, 3.8) is 0 Å². The number of rotatable bonds is 2. The molecule has 13 heavy (non-hydrogen) atoms. The molecular formula is C9H12N4. The normalized spacial score (nSPS) is 10.2. The van der Waals surface area contributed by atoms with Gasteiger partial charge in [0.25, 0.3) is 0 Å². The summed E-state index contributed by atoms with van der Waals surface area (Å²) < 4.78 is 0. The van der Waals surface area contributed by atoms with Gasteiger partial charge in [-0.05, 0) is 19.1 Å². The van der Waals surface area contributed by atoms with Crippen LogP contribution in [0.3, 0.4) is 0 Å². The summed E-state index contributed by atoms with van der Waals surface area (Å²) in [5.74, 6) is 0.0101. The molecule has 4 N–H and O–H groups in total. The summed E-state index contributed by atoms with van der Waals surface area (Å²) in [7, 11) is 0. The zero-order valence-electron chi connectivity index (χ0n) is 7.44. The molecule has 0 radical (unpaired) electrons. The van der Waals surface area contributed by atoms with E-state index in [-0.39, 0.29) is 5.96 Å². The molecule has 0 amide bonds. The lowest BCUT2D eigenvalue weighted by Crippen LogP contribution is -2.22. The van der Waals surface area contributed by atoms with E-state index in [1.165, 1.54) is 11.9 Å². The number of nitrogens with two attached hydrogens (primary N) is 2. The quantitative estimate of drug-likeness (QED) is 0.519. The summed E-state index contributed by atoms with van der Waals surface area (Å²) in [6, 6.07) is 7.74. The molecule has 0 aliphatic rings. The Bertz CT molecular complexity index is 320. The summed E-state index contributed by atoms with van der Waals surface area (Å²) in [4.78, 5) is 7.64. The van der Waals surface area contributed by atoms with E-state index in [4.69, 9.17) is 11.5 Å². The van der Waals surface area contributed by atoms with E-state index in [9.17, 15) is 0 Å². The molecule has 0 atom stereocenters. The Morgan fingerprint density at radius 2 is 1.85 bits per heavy atom. The average molecular weight is 176 g/mol. The minimum atomic E-state index is 0.0101. The number of aryl methyl sites for hydroxylation is 1. The molecular weight excluding hydrogens is 164 g/mol. The van der Waals surface area contributed by atoms with Crippen LogP contribution in [-0.4, -0.2) is 12.3 Å². The molecule has 0 aliphatic heterocycles. The van der Waals surface area contributed by atoms with Crippen molar-refractivity contribution in [3.05, 3.63) is 29.8 Å². The molecule has 1 rings (SSSR count). The van der Waals surface area contributed by atoms with Crippen molar-refractivity contribution < 1.29 is 0 Å². The van der Waals surface area contributed by atoms with Crippen LogP contribution in [0.1, 0.15) is 5.56 Å². The van der Waals surface area contributed by atoms with E-state index >= 15 is 0 Å². The lowest BCUT2D eigenvalue weighted by molar-refractivity contribution is 1.42. The number of nitrogens with zero attached hydrogens (tertiary/aromatic N) is 2. The number of hydrogen-bond donors (Lipinski definition) is 2. The molecule has 68 valence electrons. The Morgan fingerprint density at radius 1 is 1.23 bits per heavy atom. The van der Waals surface area contributed by atoms with E-state index in [0.717, 1.165) is 5.69 Å². The molecule has 0 fully saturated rings. The van der Waals surface area contributed by atoms with Gasteiger partial charge < -0.3 is 11.5 Å². The van der Waals surface area contributed by atoms with Crippen LogP contribution in [0.5, 0.6) is 0 Å². The van der Waals surface area contributed by atoms with Crippen LogP contribution in [0.2, 0.25) is 0 Å². The first kappa shape index (κ1) is 9.25. The highest BCUT2D eigenvalue weighted by Gasteiger charge is 1.85. The van der Waals surface area contributed by atoms with E-state index in [0.29, 0.717) is 0 Å². The van der Waals surface area contributed by atoms with Crippen molar-refractivity contribution in [1.29, 1.82) is 0 Å². The Labute approximate surface area is 77.0 Å². The zero-order valence-corrected chi connectivity index (χ0v) is 7.44. The van der Waals surface area contributed by atoms with Crippen LogP contribution in [0.15, 0.2) is 34.3 Å². The van der Waals surface area contributed by atoms with Crippen molar-refractivity contribution in [3.8, 4) is 0 Å². The van der Waals surface area contributed by atoms with Gasteiger partial charge in [0.2, 0.25) is 0 Å².